The summed E-state index contributed by atoms with van der Waals surface area (Å²) in [5, 5.41) is -0.809. The van der Waals surface area contributed by atoms with Crippen LogP contribution >= 0.6 is 27.8 Å². The van der Waals surface area contributed by atoms with E-state index in [1.165, 1.54) is 0 Å². The van der Waals surface area contributed by atoms with E-state index in [0.29, 0.717) is 0 Å². The van der Waals surface area contributed by atoms with E-state index in [1.54, 1.807) is 0 Å². The van der Waals surface area contributed by atoms with Crippen molar-refractivity contribution in [2.75, 3.05) is 0 Å². The van der Waals surface area contributed by atoms with Gasteiger partial charge in [-0.2, -0.15) is 0 Å². The van der Waals surface area contributed by atoms with Gasteiger partial charge >= 0.3 is 170 Å². The van der Waals surface area contributed by atoms with Crippen LogP contribution in [0.4, 0.5) is 0 Å². The van der Waals surface area contributed by atoms with E-state index >= 15 is 0 Å². The molecule has 4 aromatic rings. The zero-order valence-corrected chi connectivity index (χ0v) is 17.1. The predicted molar refractivity (Wildman–Crippen MR) is 122 cm³/mol. The van der Waals surface area contributed by atoms with Gasteiger partial charge in [-0.25, -0.2) is 0 Å². The quantitative estimate of drug-likeness (QED) is 0.338. The molecule has 27 heavy (non-hydrogen) atoms. The fourth-order valence-electron chi connectivity index (χ4n) is 3.48. The Balaban J connectivity index is 2.09. The zero-order valence-electron chi connectivity index (χ0n) is 14.7. The molecular formula is C24H19Cl2P. The molecule has 0 nitrogen and oxygen atoms in total. The van der Waals surface area contributed by atoms with Gasteiger partial charge in [-0.3, -0.25) is 0 Å². The van der Waals surface area contributed by atoms with Crippen LogP contribution in [0.15, 0.2) is 115 Å². The van der Waals surface area contributed by atoms with E-state index in [2.05, 4.69) is 24.3 Å². The van der Waals surface area contributed by atoms with E-state index in [9.17, 15) is 0 Å². The molecule has 0 atom stereocenters. The molecule has 0 aliphatic rings. The maximum absolute atomic E-state index is 7.62. The second-order valence-electron chi connectivity index (χ2n) is 6.46. The SMILES string of the molecule is ClP(Cl)(c1ccccc1)(c1ccccc1)c1ccccc1-c1ccccc1. The summed E-state index contributed by atoms with van der Waals surface area (Å²) >= 11 is 15.2. The summed E-state index contributed by atoms with van der Waals surface area (Å²) in [4.78, 5) is 0. The van der Waals surface area contributed by atoms with Gasteiger partial charge in [-0.1, -0.05) is 0 Å². The summed E-state index contributed by atoms with van der Waals surface area (Å²) in [6, 6.07) is 38.6. The Morgan fingerprint density at radius 2 is 0.852 bits per heavy atom. The van der Waals surface area contributed by atoms with E-state index in [-0.39, 0.29) is 0 Å². The number of rotatable bonds is 4. The monoisotopic (exact) mass is 408 g/mol. The van der Waals surface area contributed by atoms with E-state index in [0.717, 1.165) is 27.0 Å². The fourth-order valence-corrected chi connectivity index (χ4v) is 8.94. The van der Waals surface area contributed by atoms with Gasteiger partial charge in [0.1, 0.15) is 0 Å². The molecule has 0 heterocycles. The first-order valence-corrected chi connectivity index (χ1v) is 12.9. The Morgan fingerprint density at radius 3 is 1.37 bits per heavy atom. The minimum absolute atomic E-state index is 0.946. The normalized spacial score (nSPS) is 12.9. The number of halogens is 2. The Hall–Kier alpha value is -2.11. The molecule has 0 N–H and O–H groups in total. The van der Waals surface area contributed by atoms with Crippen LogP contribution < -0.4 is 15.9 Å². The summed E-state index contributed by atoms with van der Waals surface area (Å²) < 4.78 is 0. The van der Waals surface area contributed by atoms with Crippen molar-refractivity contribution in [3.8, 4) is 11.1 Å². The third-order valence-corrected chi connectivity index (χ3v) is 11.9. The molecular weight excluding hydrogens is 390 g/mol. The second-order valence-corrected chi connectivity index (χ2v) is 14.4. The minimum atomic E-state index is -3.67. The van der Waals surface area contributed by atoms with Crippen molar-refractivity contribution in [2.45, 2.75) is 0 Å². The molecule has 0 unspecified atom stereocenters. The Bertz CT molecular complexity index is 1000. The topological polar surface area (TPSA) is 0 Å². The van der Waals surface area contributed by atoms with Gasteiger partial charge in [0.05, 0.1) is 0 Å². The first-order chi connectivity index (χ1) is 13.1. The van der Waals surface area contributed by atoms with Crippen molar-refractivity contribution in [1.82, 2.24) is 0 Å². The van der Waals surface area contributed by atoms with Crippen LogP contribution in [-0.4, -0.2) is 0 Å². The Labute approximate surface area is 169 Å². The van der Waals surface area contributed by atoms with Crippen molar-refractivity contribution in [3.63, 3.8) is 0 Å². The van der Waals surface area contributed by atoms with Gasteiger partial charge in [-0.05, 0) is 0 Å². The molecule has 4 rings (SSSR count). The van der Waals surface area contributed by atoms with E-state index < -0.39 is 5.31 Å². The summed E-state index contributed by atoms with van der Waals surface area (Å²) in [5.74, 6) is 0. The number of hydrogen-bond donors (Lipinski definition) is 0. The summed E-state index contributed by atoms with van der Waals surface area (Å²) in [6.45, 7) is 0. The maximum atomic E-state index is 7.62. The Morgan fingerprint density at radius 1 is 0.444 bits per heavy atom. The van der Waals surface area contributed by atoms with Crippen molar-refractivity contribution in [2.24, 2.45) is 0 Å². The molecule has 3 heteroatoms. The molecule has 134 valence electrons. The third kappa shape index (κ3) is 3.09. The van der Waals surface area contributed by atoms with Crippen molar-refractivity contribution in [3.05, 3.63) is 115 Å². The molecule has 0 radical (unpaired) electrons. The molecule has 0 saturated carbocycles. The molecule has 0 aliphatic heterocycles. The molecule has 0 saturated heterocycles. The van der Waals surface area contributed by atoms with Crippen LogP contribution in [0.25, 0.3) is 11.1 Å². The van der Waals surface area contributed by atoms with Crippen LogP contribution in [0.1, 0.15) is 0 Å². The van der Waals surface area contributed by atoms with Crippen LogP contribution in [0.2, 0.25) is 0 Å². The van der Waals surface area contributed by atoms with Gasteiger partial charge in [0, 0.05) is 0 Å². The van der Waals surface area contributed by atoms with Gasteiger partial charge in [-0.15, -0.1) is 0 Å². The predicted octanol–water partition coefficient (Wildman–Crippen LogP) is 6.49. The second kappa shape index (κ2) is 7.13. The van der Waals surface area contributed by atoms with Crippen molar-refractivity contribution in [1.29, 1.82) is 0 Å². The van der Waals surface area contributed by atoms with Gasteiger partial charge in [0.2, 0.25) is 0 Å². The summed E-state index contributed by atoms with van der Waals surface area (Å²) in [5.41, 5.74) is 2.17. The average Bonchev–Trinajstić information content (AvgIpc) is 2.76. The third-order valence-electron chi connectivity index (χ3n) is 4.83. The molecule has 4 aromatic carbocycles. The summed E-state index contributed by atoms with van der Waals surface area (Å²) in [7, 11) is 0. The first-order valence-electron chi connectivity index (χ1n) is 8.82. The average molecular weight is 409 g/mol. The number of hydrogen-bond acceptors (Lipinski definition) is 0. The van der Waals surface area contributed by atoms with Crippen LogP contribution in [0.3, 0.4) is 0 Å². The summed E-state index contributed by atoms with van der Waals surface area (Å²) in [6.07, 6.45) is 0. The first kappa shape index (κ1) is 18.3. The van der Waals surface area contributed by atoms with Gasteiger partial charge < -0.3 is 0 Å². The fraction of sp³-hybridized carbons (Fsp3) is 0. The van der Waals surface area contributed by atoms with Gasteiger partial charge in [0.15, 0.2) is 0 Å². The van der Waals surface area contributed by atoms with Crippen molar-refractivity contribution >= 4 is 43.7 Å². The van der Waals surface area contributed by atoms with Crippen LogP contribution in [-0.2, 0) is 0 Å². The van der Waals surface area contributed by atoms with E-state index in [4.69, 9.17) is 22.5 Å². The van der Waals surface area contributed by atoms with Crippen LogP contribution in [0, 0.1) is 0 Å². The van der Waals surface area contributed by atoms with Crippen molar-refractivity contribution < 1.29 is 0 Å². The molecule has 0 amide bonds. The molecule has 0 fully saturated rings. The zero-order chi connectivity index (χ0) is 18.8. The van der Waals surface area contributed by atoms with E-state index in [1.807, 2.05) is 91.0 Å². The number of benzene rings is 4. The molecule has 0 aromatic heterocycles. The molecule has 0 bridgehead atoms. The molecule has 0 aliphatic carbocycles. The standard InChI is InChI=1S/C24H19Cl2P/c25-27(26,21-14-6-2-7-15-21,22-16-8-3-9-17-22)24-19-11-10-18-23(24)20-12-4-1-5-13-20/h1-19H. The van der Waals surface area contributed by atoms with Gasteiger partial charge in [0.25, 0.3) is 0 Å². The Kier molecular flexibility index (Phi) is 4.82. The molecule has 0 spiro atoms. The van der Waals surface area contributed by atoms with Crippen LogP contribution in [0.5, 0.6) is 0 Å².